The van der Waals surface area contributed by atoms with Crippen LogP contribution in [0.1, 0.15) is 18.5 Å². The molecule has 172 valence electrons. The Morgan fingerprint density at radius 3 is 2.41 bits per heavy atom. The fourth-order valence-corrected chi connectivity index (χ4v) is 5.45. The van der Waals surface area contributed by atoms with E-state index in [1.54, 1.807) is 19.1 Å². The van der Waals surface area contributed by atoms with Crippen molar-refractivity contribution in [2.45, 2.75) is 13.0 Å². The van der Waals surface area contributed by atoms with E-state index < -0.39 is 22.1 Å². The minimum atomic E-state index is -3.60. The number of benzene rings is 2. The van der Waals surface area contributed by atoms with Gasteiger partial charge in [-0.3, -0.25) is 9.21 Å². The van der Waals surface area contributed by atoms with Crippen molar-refractivity contribution in [2.75, 3.05) is 55.1 Å². The molecule has 2 saturated heterocycles. The third-order valence-electron chi connectivity index (χ3n) is 5.75. The molecular weight excluding hydrogens is 435 g/mol. The van der Waals surface area contributed by atoms with E-state index in [2.05, 4.69) is 9.62 Å². The van der Waals surface area contributed by atoms with Crippen LogP contribution in [0.2, 0.25) is 0 Å². The standard InChI is InChI=1S/C22H27FN4O4S/c1-2-31-22(28)21(17-6-4-3-5-7-17)26-14-12-25(13-15-26)20-9-8-18(16-19(20)23)27-11-10-24-32(27,29)30/h3-9,16,21,24H,2,10-15H2,1H3. The predicted octanol–water partition coefficient (Wildman–Crippen LogP) is 1.91. The van der Waals surface area contributed by atoms with Crippen LogP contribution >= 0.6 is 0 Å². The van der Waals surface area contributed by atoms with E-state index in [1.165, 1.54) is 10.4 Å². The molecule has 8 nitrogen and oxygen atoms in total. The lowest BCUT2D eigenvalue weighted by atomic mass is 10.0. The molecule has 10 heteroatoms. The molecule has 1 N–H and O–H groups in total. The number of carbonyl (C=O) groups excluding carboxylic acids is 1. The van der Waals surface area contributed by atoms with Gasteiger partial charge >= 0.3 is 16.2 Å². The van der Waals surface area contributed by atoms with Crippen LogP contribution in [0.5, 0.6) is 0 Å². The van der Waals surface area contributed by atoms with E-state index in [4.69, 9.17) is 4.74 Å². The maximum absolute atomic E-state index is 14.9. The summed E-state index contributed by atoms with van der Waals surface area (Å²) in [5, 5.41) is 0. The Morgan fingerprint density at radius 1 is 1.09 bits per heavy atom. The van der Waals surface area contributed by atoms with Gasteiger partial charge in [-0.15, -0.1) is 0 Å². The van der Waals surface area contributed by atoms with E-state index >= 15 is 0 Å². The molecular formula is C22H27FN4O4S. The van der Waals surface area contributed by atoms with Gasteiger partial charge in [-0.25, -0.2) is 9.18 Å². The van der Waals surface area contributed by atoms with Crippen molar-refractivity contribution in [1.29, 1.82) is 0 Å². The molecule has 0 saturated carbocycles. The Morgan fingerprint density at radius 2 is 1.81 bits per heavy atom. The van der Waals surface area contributed by atoms with Crippen molar-refractivity contribution >= 4 is 27.6 Å². The first-order valence-corrected chi connectivity index (χ1v) is 12.1. The zero-order valence-electron chi connectivity index (χ0n) is 17.9. The molecule has 0 aliphatic carbocycles. The van der Waals surface area contributed by atoms with Gasteiger partial charge in [0, 0.05) is 45.3 Å². The quantitative estimate of drug-likeness (QED) is 0.661. The number of rotatable bonds is 6. The topological polar surface area (TPSA) is 82.2 Å². The van der Waals surface area contributed by atoms with Gasteiger partial charge in [-0.05, 0) is 24.6 Å². The molecule has 0 aromatic heterocycles. The third kappa shape index (κ3) is 4.57. The highest BCUT2D eigenvalue weighted by atomic mass is 32.2. The van der Waals surface area contributed by atoms with Crippen LogP contribution in [0, 0.1) is 5.82 Å². The minimum absolute atomic E-state index is 0.272. The van der Waals surface area contributed by atoms with Crippen molar-refractivity contribution in [3.05, 3.63) is 59.9 Å². The Kier molecular flexibility index (Phi) is 6.63. The highest BCUT2D eigenvalue weighted by Gasteiger charge is 2.33. The summed E-state index contributed by atoms with van der Waals surface area (Å²) in [6, 6.07) is 13.5. The highest BCUT2D eigenvalue weighted by Crippen LogP contribution is 2.30. The SMILES string of the molecule is CCOC(=O)C(c1ccccc1)N1CCN(c2ccc(N3CCNS3(=O)=O)cc2F)CC1. The predicted molar refractivity (Wildman–Crippen MR) is 120 cm³/mol. The number of carbonyl (C=O) groups is 1. The fraction of sp³-hybridized carbons (Fsp3) is 0.409. The van der Waals surface area contributed by atoms with Crippen LogP contribution in [-0.4, -0.2) is 65.2 Å². The molecule has 2 aromatic carbocycles. The summed E-state index contributed by atoms with van der Waals surface area (Å²) in [7, 11) is -3.60. The van der Waals surface area contributed by atoms with Crippen LogP contribution < -0.4 is 13.9 Å². The fourth-order valence-electron chi connectivity index (χ4n) is 4.22. The highest BCUT2D eigenvalue weighted by molar-refractivity contribution is 7.91. The van der Waals surface area contributed by atoms with Crippen molar-refractivity contribution in [3.63, 3.8) is 0 Å². The average molecular weight is 463 g/mol. The molecule has 1 unspecified atom stereocenters. The monoisotopic (exact) mass is 462 g/mol. The molecule has 2 fully saturated rings. The van der Waals surface area contributed by atoms with Gasteiger partial charge < -0.3 is 9.64 Å². The van der Waals surface area contributed by atoms with Crippen molar-refractivity contribution < 1.29 is 22.3 Å². The molecule has 1 atom stereocenters. The second-order valence-corrected chi connectivity index (χ2v) is 9.38. The summed E-state index contributed by atoms with van der Waals surface area (Å²) >= 11 is 0. The van der Waals surface area contributed by atoms with E-state index in [1.807, 2.05) is 35.2 Å². The summed E-state index contributed by atoms with van der Waals surface area (Å²) in [5.41, 5.74) is 1.60. The van der Waals surface area contributed by atoms with Crippen molar-refractivity contribution in [2.24, 2.45) is 0 Å². The average Bonchev–Trinajstić information content (AvgIpc) is 3.14. The number of anilines is 2. The number of hydrogen-bond acceptors (Lipinski definition) is 6. The van der Waals surface area contributed by atoms with Crippen LogP contribution in [0.3, 0.4) is 0 Å². The second-order valence-electron chi connectivity index (χ2n) is 7.70. The van der Waals surface area contributed by atoms with Gasteiger partial charge in [-0.1, -0.05) is 30.3 Å². The number of hydrogen-bond donors (Lipinski definition) is 1. The lowest BCUT2D eigenvalue weighted by molar-refractivity contribution is -0.150. The zero-order chi connectivity index (χ0) is 22.7. The van der Waals surface area contributed by atoms with Gasteiger partial charge in [0.2, 0.25) is 0 Å². The molecule has 0 amide bonds. The largest absolute Gasteiger partial charge is 0.465 e. The van der Waals surface area contributed by atoms with Gasteiger partial charge in [0.1, 0.15) is 11.9 Å². The lowest BCUT2D eigenvalue weighted by Gasteiger charge is -2.39. The molecule has 4 rings (SSSR count). The van der Waals surface area contributed by atoms with Gasteiger partial charge in [0.05, 0.1) is 18.0 Å². The molecule has 2 aliphatic rings. The van der Waals surface area contributed by atoms with E-state index in [-0.39, 0.29) is 12.5 Å². The van der Waals surface area contributed by atoms with Crippen LogP contribution in [0.25, 0.3) is 0 Å². The van der Waals surface area contributed by atoms with Crippen LogP contribution in [-0.2, 0) is 19.7 Å². The molecule has 2 aliphatic heterocycles. The third-order valence-corrected chi connectivity index (χ3v) is 7.30. The minimum Gasteiger partial charge on any atom is -0.465 e. The maximum Gasteiger partial charge on any atom is 0.328 e. The summed E-state index contributed by atoms with van der Waals surface area (Å²) in [5.74, 6) is -0.758. The second kappa shape index (κ2) is 9.43. The Balaban J connectivity index is 1.47. The number of nitrogens with one attached hydrogen (secondary N) is 1. The summed E-state index contributed by atoms with van der Waals surface area (Å²) in [6.07, 6.45) is 0. The number of esters is 1. The van der Waals surface area contributed by atoms with Gasteiger partial charge in [0.25, 0.3) is 0 Å². The van der Waals surface area contributed by atoms with E-state index in [0.717, 1.165) is 5.56 Å². The van der Waals surface area contributed by atoms with Crippen molar-refractivity contribution in [3.8, 4) is 0 Å². The number of nitrogens with zero attached hydrogens (tertiary/aromatic N) is 3. The van der Waals surface area contributed by atoms with Crippen LogP contribution in [0.15, 0.2) is 48.5 Å². The number of ether oxygens (including phenoxy) is 1. The normalized spacial score (nSPS) is 19.7. The molecule has 0 spiro atoms. The first-order valence-electron chi connectivity index (χ1n) is 10.7. The maximum atomic E-state index is 14.9. The smallest absolute Gasteiger partial charge is 0.328 e. The summed E-state index contributed by atoms with van der Waals surface area (Å²) < 4.78 is 47.8. The zero-order valence-corrected chi connectivity index (χ0v) is 18.7. The van der Waals surface area contributed by atoms with E-state index in [9.17, 15) is 17.6 Å². The molecule has 32 heavy (non-hydrogen) atoms. The summed E-state index contributed by atoms with van der Waals surface area (Å²) in [6.45, 7) is 4.85. The molecule has 0 radical (unpaired) electrons. The molecule has 2 aromatic rings. The Labute approximate surface area is 187 Å². The van der Waals surface area contributed by atoms with Gasteiger partial charge in [0.15, 0.2) is 0 Å². The van der Waals surface area contributed by atoms with E-state index in [0.29, 0.717) is 50.7 Å². The Bertz CT molecular complexity index is 1060. The number of piperazine rings is 1. The Hall–Kier alpha value is -2.69. The first-order chi connectivity index (χ1) is 15.4. The van der Waals surface area contributed by atoms with Crippen molar-refractivity contribution in [1.82, 2.24) is 9.62 Å². The first kappa shape index (κ1) is 22.5. The number of halogens is 1. The van der Waals surface area contributed by atoms with Gasteiger partial charge in [-0.2, -0.15) is 13.1 Å². The summed E-state index contributed by atoms with van der Waals surface area (Å²) in [4.78, 5) is 16.6. The van der Waals surface area contributed by atoms with Crippen LogP contribution in [0.4, 0.5) is 15.8 Å². The molecule has 2 heterocycles. The lowest BCUT2D eigenvalue weighted by Crippen LogP contribution is -2.49. The molecule has 0 bridgehead atoms.